The van der Waals surface area contributed by atoms with Crippen LogP contribution in [0.1, 0.15) is 39.9 Å². The van der Waals surface area contributed by atoms with Gasteiger partial charge in [-0.3, -0.25) is 0 Å². The Hall–Kier alpha value is -2.63. The zero-order chi connectivity index (χ0) is 21.6. The minimum atomic E-state index is -2.52. The van der Waals surface area contributed by atoms with Crippen molar-refractivity contribution in [2.75, 3.05) is 6.61 Å². The molecular weight excluding hydrogens is 391 g/mol. The van der Waals surface area contributed by atoms with Crippen LogP contribution >= 0.6 is 0 Å². The third-order valence-corrected chi connectivity index (χ3v) is 10.3. The lowest BCUT2D eigenvalue weighted by atomic mass is 10.2. The van der Waals surface area contributed by atoms with Crippen LogP contribution in [0.25, 0.3) is 5.57 Å². The molecule has 0 N–H and O–H groups in total. The van der Waals surface area contributed by atoms with Crippen molar-refractivity contribution in [3.8, 4) is 0 Å². The molecule has 3 rings (SSSR count). The zero-order valence-corrected chi connectivity index (χ0v) is 19.1. The summed E-state index contributed by atoms with van der Waals surface area (Å²) in [5, 5.41) is 2.49. The highest BCUT2D eigenvalue weighted by Gasteiger charge is 2.49. The van der Waals surface area contributed by atoms with Crippen molar-refractivity contribution in [1.29, 1.82) is 0 Å². The maximum atomic E-state index is 13.1. The Balaban J connectivity index is 1.88. The Bertz CT molecular complexity index is 928. The van der Waals surface area contributed by atoms with Crippen LogP contribution in [-0.4, -0.2) is 24.9 Å². The molecule has 2 aromatic carbocycles. The van der Waals surface area contributed by atoms with Crippen LogP contribution in [0.4, 0.5) is 4.39 Å². The smallest absolute Gasteiger partial charge is 0.261 e. The fraction of sp³-hybridized carbons (Fsp3) is 0.280. The monoisotopic (exact) mass is 420 g/mol. The Morgan fingerprint density at radius 2 is 1.43 bits per heavy atom. The Morgan fingerprint density at radius 3 is 1.90 bits per heavy atom. The third kappa shape index (κ3) is 4.74. The Labute approximate surface area is 179 Å². The highest BCUT2D eigenvalue weighted by atomic mass is 28.4. The van der Waals surface area contributed by atoms with Crippen molar-refractivity contribution in [3.63, 3.8) is 0 Å². The molecule has 30 heavy (non-hydrogen) atoms. The first-order valence-corrected chi connectivity index (χ1v) is 12.1. The molecule has 0 spiro atoms. The number of rotatable bonds is 7. The molecule has 0 unspecified atom stereocenters. The lowest BCUT2D eigenvalue weighted by Gasteiger charge is -2.43. The van der Waals surface area contributed by atoms with E-state index in [-0.39, 0.29) is 5.04 Å². The summed E-state index contributed by atoms with van der Waals surface area (Å²) in [6.07, 6.45) is 5.18. The van der Waals surface area contributed by atoms with Crippen LogP contribution in [0.15, 0.2) is 79.1 Å². The molecule has 0 fully saturated rings. The number of hydrogen-bond donors (Lipinski definition) is 0. The van der Waals surface area contributed by atoms with Gasteiger partial charge in [0.25, 0.3) is 8.32 Å². The summed E-state index contributed by atoms with van der Waals surface area (Å²) in [7, 11) is -2.52. The van der Waals surface area contributed by atoms with Gasteiger partial charge >= 0.3 is 0 Å². The van der Waals surface area contributed by atoms with Gasteiger partial charge < -0.3 is 4.43 Å². The van der Waals surface area contributed by atoms with Crippen LogP contribution in [-0.2, 0) is 4.43 Å². The van der Waals surface area contributed by atoms with Crippen LogP contribution in [0, 0.1) is 5.82 Å². The molecule has 1 heterocycles. The summed E-state index contributed by atoms with van der Waals surface area (Å²) in [4.78, 5) is 8.11. The number of allylic oxidation sites excluding steroid dienone is 1. The van der Waals surface area contributed by atoms with Crippen molar-refractivity contribution in [3.05, 3.63) is 90.8 Å². The summed E-state index contributed by atoms with van der Waals surface area (Å²) in [6, 6.07) is 21.2. The molecular formula is C25H29FN2OSi. The number of aromatic nitrogens is 2. The van der Waals surface area contributed by atoms with Gasteiger partial charge in [0.2, 0.25) is 0 Å². The van der Waals surface area contributed by atoms with Gasteiger partial charge in [-0.25, -0.2) is 14.4 Å². The van der Waals surface area contributed by atoms with Gasteiger partial charge in [-0.2, -0.15) is 0 Å². The third-order valence-electron chi connectivity index (χ3n) is 5.28. The van der Waals surface area contributed by atoms with Crippen molar-refractivity contribution in [1.82, 2.24) is 9.97 Å². The predicted octanol–water partition coefficient (Wildman–Crippen LogP) is 4.99. The van der Waals surface area contributed by atoms with Crippen molar-refractivity contribution < 1.29 is 8.82 Å². The van der Waals surface area contributed by atoms with E-state index in [1.54, 1.807) is 0 Å². The van der Waals surface area contributed by atoms with E-state index in [1.165, 1.54) is 22.8 Å². The second-order valence-corrected chi connectivity index (χ2v) is 12.7. The van der Waals surface area contributed by atoms with Gasteiger partial charge in [0.1, 0.15) is 0 Å². The molecule has 0 saturated carbocycles. The second-order valence-electron chi connectivity index (χ2n) is 8.41. The molecule has 0 aliphatic heterocycles. The van der Waals surface area contributed by atoms with E-state index < -0.39 is 14.1 Å². The largest absolute Gasteiger partial charge is 0.407 e. The van der Waals surface area contributed by atoms with Crippen LogP contribution in [0.2, 0.25) is 5.04 Å². The lowest BCUT2D eigenvalue weighted by molar-refractivity contribution is 0.304. The molecule has 156 valence electrons. The number of nitrogens with zero attached hydrogens (tertiary/aromatic N) is 2. The first kappa shape index (κ1) is 22.1. The first-order valence-electron chi connectivity index (χ1n) is 10.2. The molecule has 3 aromatic rings. The maximum absolute atomic E-state index is 13.1. The number of hydrogen-bond acceptors (Lipinski definition) is 3. The molecule has 0 bridgehead atoms. The van der Waals surface area contributed by atoms with Crippen molar-refractivity contribution >= 4 is 24.3 Å². The average molecular weight is 421 g/mol. The highest BCUT2D eigenvalue weighted by molar-refractivity contribution is 6.99. The van der Waals surface area contributed by atoms with E-state index in [4.69, 9.17) is 4.43 Å². The lowest BCUT2D eigenvalue weighted by Crippen LogP contribution is -2.66. The minimum absolute atomic E-state index is 0.0471. The zero-order valence-electron chi connectivity index (χ0n) is 18.1. The first-order chi connectivity index (χ1) is 14.3. The summed E-state index contributed by atoms with van der Waals surface area (Å²) in [6.45, 7) is 9.34. The quantitative estimate of drug-likeness (QED) is 0.399. The summed E-state index contributed by atoms with van der Waals surface area (Å²) in [5.74, 6) is 0.114. The molecule has 0 aliphatic rings. The van der Waals surface area contributed by atoms with Gasteiger partial charge in [0, 0.05) is 6.61 Å². The van der Waals surface area contributed by atoms with E-state index in [0.717, 1.165) is 12.0 Å². The average Bonchev–Trinajstić information content (AvgIpc) is 2.74. The summed E-state index contributed by atoms with van der Waals surface area (Å²) < 4.78 is 19.9. The molecule has 3 nitrogen and oxygen atoms in total. The van der Waals surface area contributed by atoms with E-state index >= 15 is 0 Å². The molecule has 5 heteroatoms. The molecule has 0 atom stereocenters. The van der Waals surface area contributed by atoms with E-state index in [1.807, 2.05) is 19.1 Å². The van der Waals surface area contributed by atoms with Crippen LogP contribution in [0.3, 0.4) is 0 Å². The van der Waals surface area contributed by atoms with E-state index in [0.29, 0.717) is 12.4 Å². The summed E-state index contributed by atoms with van der Waals surface area (Å²) >= 11 is 0. The predicted molar refractivity (Wildman–Crippen MR) is 124 cm³/mol. The molecule has 1 aromatic heterocycles. The summed E-state index contributed by atoms with van der Waals surface area (Å²) in [5.41, 5.74) is 0.918. The normalized spacial score (nSPS) is 12.8. The maximum Gasteiger partial charge on any atom is 0.261 e. The fourth-order valence-corrected chi connectivity index (χ4v) is 8.44. The molecule has 0 radical (unpaired) electrons. The Kier molecular flexibility index (Phi) is 6.95. The van der Waals surface area contributed by atoms with Crippen LogP contribution in [0.5, 0.6) is 0 Å². The van der Waals surface area contributed by atoms with Crippen LogP contribution < -0.4 is 10.4 Å². The molecule has 0 amide bonds. The van der Waals surface area contributed by atoms with Gasteiger partial charge in [0.15, 0.2) is 11.6 Å². The van der Waals surface area contributed by atoms with E-state index in [2.05, 4.69) is 85.3 Å². The number of benzene rings is 2. The molecule has 0 saturated heterocycles. The Morgan fingerprint density at radius 1 is 0.933 bits per heavy atom. The van der Waals surface area contributed by atoms with Gasteiger partial charge in [-0.1, -0.05) is 87.5 Å². The van der Waals surface area contributed by atoms with Gasteiger partial charge in [-0.05, 0) is 34.3 Å². The van der Waals surface area contributed by atoms with Gasteiger partial charge in [0.05, 0.1) is 12.4 Å². The van der Waals surface area contributed by atoms with Crippen molar-refractivity contribution in [2.45, 2.75) is 39.2 Å². The van der Waals surface area contributed by atoms with Gasteiger partial charge in [-0.15, -0.1) is 0 Å². The topological polar surface area (TPSA) is 35.0 Å². The standard InChI is InChI=1S/C25H29FN2OSi/c1-20(24-27-18-21(26)19-28-24)12-11-17-29-30(25(2,3)4,22-13-7-5-8-14-22)23-15-9-6-10-16-23/h5-10,12-16,18-19H,11,17H2,1-4H3/b20-12-. The number of halogens is 1. The minimum Gasteiger partial charge on any atom is -0.407 e. The fourth-order valence-electron chi connectivity index (χ4n) is 3.86. The SMILES string of the molecule is C/C(=C/CCO[Si](c1ccccc1)(c1ccccc1)C(C)(C)C)c1ncc(F)cn1. The highest BCUT2D eigenvalue weighted by Crippen LogP contribution is 2.36. The molecule has 0 aliphatic carbocycles. The van der Waals surface area contributed by atoms with E-state index in [9.17, 15) is 4.39 Å². The second kappa shape index (κ2) is 9.45. The van der Waals surface area contributed by atoms with Crippen molar-refractivity contribution in [2.24, 2.45) is 0 Å².